The van der Waals surface area contributed by atoms with Crippen LogP contribution in [0.4, 0.5) is 5.69 Å². The van der Waals surface area contributed by atoms with Gasteiger partial charge in [-0.2, -0.15) is 0 Å². The van der Waals surface area contributed by atoms with Crippen molar-refractivity contribution in [3.8, 4) is 5.75 Å². The van der Waals surface area contributed by atoms with Gasteiger partial charge in [0.05, 0.1) is 18.4 Å². The van der Waals surface area contributed by atoms with Crippen molar-refractivity contribution in [3.05, 3.63) is 95.6 Å². The second-order valence-electron chi connectivity index (χ2n) is 8.23. The Morgan fingerprint density at radius 2 is 1.31 bits per heavy atom. The van der Waals surface area contributed by atoms with Crippen LogP contribution in [0.15, 0.2) is 78.9 Å². The number of hydrogen-bond acceptors (Lipinski definition) is 5. The molecule has 0 heterocycles. The van der Waals surface area contributed by atoms with Crippen LogP contribution in [-0.4, -0.2) is 36.8 Å². The predicted molar refractivity (Wildman–Crippen MR) is 136 cm³/mol. The Kier molecular flexibility index (Phi) is 8.77. The van der Waals surface area contributed by atoms with Gasteiger partial charge >= 0.3 is 0 Å². The molecule has 186 valence electrons. The van der Waals surface area contributed by atoms with E-state index in [9.17, 15) is 19.2 Å². The van der Waals surface area contributed by atoms with E-state index in [0.717, 1.165) is 0 Å². The van der Waals surface area contributed by atoms with Gasteiger partial charge in [-0.1, -0.05) is 44.2 Å². The Morgan fingerprint density at radius 3 is 1.94 bits per heavy atom. The average molecular weight is 489 g/mol. The molecule has 0 aliphatic heterocycles. The monoisotopic (exact) mass is 488 g/mol. The van der Waals surface area contributed by atoms with Crippen LogP contribution in [0.1, 0.15) is 44.9 Å². The molecular weight excluding hydrogens is 460 g/mol. The van der Waals surface area contributed by atoms with E-state index in [2.05, 4.69) is 21.5 Å². The lowest BCUT2D eigenvalue weighted by molar-refractivity contribution is -0.124. The van der Waals surface area contributed by atoms with Gasteiger partial charge in [0.25, 0.3) is 23.6 Å². The number of amides is 4. The van der Waals surface area contributed by atoms with E-state index >= 15 is 0 Å². The quantitative estimate of drug-likeness (QED) is 0.363. The predicted octanol–water partition coefficient (Wildman–Crippen LogP) is 3.16. The van der Waals surface area contributed by atoms with Gasteiger partial charge in [-0.15, -0.1) is 0 Å². The van der Waals surface area contributed by atoms with Crippen LogP contribution >= 0.6 is 0 Å². The lowest BCUT2D eigenvalue weighted by Crippen LogP contribution is -2.54. The number of hydrogen-bond donors (Lipinski definition) is 4. The molecule has 0 saturated heterocycles. The summed E-state index contributed by atoms with van der Waals surface area (Å²) in [7, 11) is 1.53. The molecular formula is C27H28N4O5. The zero-order valence-electron chi connectivity index (χ0n) is 20.2. The van der Waals surface area contributed by atoms with E-state index in [4.69, 9.17) is 4.74 Å². The molecule has 3 aromatic rings. The molecule has 0 aliphatic rings. The molecule has 1 atom stereocenters. The molecule has 4 amide bonds. The Bertz CT molecular complexity index is 1230. The van der Waals surface area contributed by atoms with E-state index in [0.29, 0.717) is 16.9 Å². The topological polar surface area (TPSA) is 126 Å². The zero-order valence-corrected chi connectivity index (χ0v) is 20.2. The molecule has 0 aromatic heterocycles. The fourth-order valence-electron chi connectivity index (χ4n) is 3.34. The van der Waals surface area contributed by atoms with Crippen molar-refractivity contribution >= 4 is 29.3 Å². The molecule has 36 heavy (non-hydrogen) atoms. The number of para-hydroxylation sites is 1. The summed E-state index contributed by atoms with van der Waals surface area (Å²) in [5.41, 5.74) is 5.96. The fraction of sp³-hybridized carbons (Fsp3) is 0.185. The Morgan fingerprint density at radius 1 is 0.694 bits per heavy atom. The number of carbonyl (C=O) groups excluding carboxylic acids is 4. The molecule has 0 bridgehead atoms. The highest BCUT2D eigenvalue weighted by Gasteiger charge is 2.26. The van der Waals surface area contributed by atoms with Gasteiger partial charge in [0, 0.05) is 11.1 Å². The van der Waals surface area contributed by atoms with Crippen LogP contribution in [0.5, 0.6) is 5.75 Å². The minimum absolute atomic E-state index is 0.186. The van der Waals surface area contributed by atoms with Crippen LogP contribution < -0.4 is 26.2 Å². The third kappa shape index (κ3) is 6.69. The third-order valence-corrected chi connectivity index (χ3v) is 5.34. The highest BCUT2D eigenvalue weighted by Crippen LogP contribution is 2.18. The SMILES string of the molecule is COc1ccc(C(=O)Nc2ccccc2C(=O)N[C@H](C(=O)NNC(=O)c2ccccc2)C(C)C)cc1. The molecule has 3 aromatic carbocycles. The first-order valence-electron chi connectivity index (χ1n) is 11.3. The highest BCUT2D eigenvalue weighted by atomic mass is 16.5. The molecule has 9 heteroatoms. The molecule has 3 rings (SSSR count). The number of anilines is 1. The van der Waals surface area contributed by atoms with Gasteiger partial charge in [-0.3, -0.25) is 30.0 Å². The molecule has 0 aliphatic carbocycles. The van der Waals surface area contributed by atoms with Crippen LogP contribution in [0.25, 0.3) is 0 Å². The summed E-state index contributed by atoms with van der Waals surface area (Å²) in [6.07, 6.45) is 0. The second kappa shape index (κ2) is 12.2. The lowest BCUT2D eigenvalue weighted by atomic mass is 10.0. The maximum Gasteiger partial charge on any atom is 0.269 e. The van der Waals surface area contributed by atoms with Crippen LogP contribution in [0, 0.1) is 5.92 Å². The van der Waals surface area contributed by atoms with Crippen LogP contribution in [-0.2, 0) is 4.79 Å². The van der Waals surface area contributed by atoms with E-state index in [1.165, 1.54) is 7.11 Å². The highest BCUT2D eigenvalue weighted by molar-refractivity contribution is 6.09. The summed E-state index contributed by atoms with van der Waals surface area (Å²) in [6, 6.07) is 20.5. The minimum Gasteiger partial charge on any atom is -0.497 e. The molecule has 0 fully saturated rings. The summed E-state index contributed by atoms with van der Waals surface area (Å²) in [4.78, 5) is 50.8. The van der Waals surface area contributed by atoms with E-state index in [1.54, 1.807) is 92.7 Å². The van der Waals surface area contributed by atoms with Crippen LogP contribution in [0.3, 0.4) is 0 Å². The van der Waals surface area contributed by atoms with Crippen molar-refractivity contribution in [2.45, 2.75) is 19.9 Å². The number of carbonyl (C=O) groups is 4. The summed E-state index contributed by atoms with van der Waals surface area (Å²) in [5.74, 6) is -1.69. The summed E-state index contributed by atoms with van der Waals surface area (Å²) in [5, 5.41) is 5.43. The Labute approximate surface area is 209 Å². The van der Waals surface area contributed by atoms with Gasteiger partial charge < -0.3 is 15.4 Å². The Balaban J connectivity index is 1.68. The number of benzene rings is 3. The first kappa shape index (κ1) is 26.0. The van der Waals surface area contributed by atoms with Gasteiger partial charge in [0.15, 0.2) is 0 Å². The maximum atomic E-state index is 13.1. The van der Waals surface area contributed by atoms with E-state index < -0.39 is 29.7 Å². The van der Waals surface area contributed by atoms with Crippen molar-refractivity contribution < 1.29 is 23.9 Å². The summed E-state index contributed by atoms with van der Waals surface area (Å²) < 4.78 is 5.11. The normalized spacial score (nSPS) is 11.2. The molecule has 0 spiro atoms. The zero-order chi connectivity index (χ0) is 26.1. The largest absolute Gasteiger partial charge is 0.497 e. The summed E-state index contributed by atoms with van der Waals surface area (Å²) >= 11 is 0. The van der Waals surface area contributed by atoms with Gasteiger partial charge in [-0.05, 0) is 54.4 Å². The summed E-state index contributed by atoms with van der Waals surface area (Å²) in [6.45, 7) is 3.53. The molecule has 4 N–H and O–H groups in total. The number of nitrogens with one attached hydrogen (secondary N) is 4. The second-order valence-corrected chi connectivity index (χ2v) is 8.23. The number of ether oxygens (including phenoxy) is 1. The van der Waals surface area contributed by atoms with Crippen LogP contribution in [0.2, 0.25) is 0 Å². The van der Waals surface area contributed by atoms with Crippen molar-refractivity contribution in [3.63, 3.8) is 0 Å². The number of methoxy groups -OCH3 is 1. The van der Waals surface area contributed by atoms with Gasteiger partial charge in [0.2, 0.25) is 0 Å². The van der Waals surface area contributed by atoms with Gasteiger partial charge in [0.1, 0.15) is 11.8 Å². The smallest absolute Gasteiger partial charge is 0.269 e. The number of rotatable bonds is 8. The van der Waals surface area contributed by atoms with E-state index in [1.807, 2.05) is 0 Å². The van der Waals surface area contributed by atoms with Crippen molar-refractivity contribution in [2.24, 2.45) is 5.92 Å². The van der Waals surface area contributed by atoms with Crippen molar-refractivity contribution in [2.75, 3.05) is 12.4 Å². The fourth-order valence-corrected chi connectivity index (χ4v) is 3.34. The third-order valence-electron chi connectivity index (χ3n) is 5.34. The Hall–Kier alpha value is -4.66. The van der Waals surface area contributed by atoms with E-state index in [-0.39, 0.29) is 17.2 Å². The number of hydrazine groups is 1. The molecule has 0 radical (unpaired) electrons. The molecule has 9 nitrogen and oxygen atoms in total. The first-order chi connectivity index (χ1) is 17.3. The molecule has 0 unspecified atom stereocenters. The van der Waals surface area contributed by atoms with Gasteiger partial charge in [-0.25, -0.2) is 0 Å². The average Bonchev–Trinajstić information content (AvgIpc) is 2.90. The maximum absolute atomic E-state index is 13.1. The lowest BCUT2D eigenvalue weighted by Gasteiger charge is -2.22. The first-order valence-corrected chi connectivity index (χ1v) is 11.3. The van der Waals surface area contributed by atoms with Crippen molar-refractivity contribution in [1.29, 1.82) is 0 Å². The van der Waals surface area contributed by atoms with Crippen molar-refractivity contribution in [1.82, 2.24) is 16.2 Å². The molecule has 0 saturated carbocycles. The standard InChI is InChI=1S/C27H28N4O5/c1-17(2)23(27(35)31-30-25(33)18-9-5-4-6-10-18)29-26(34)21-11-7-8-12-22(21)28-24(32)19-13-15-20(36-3)16-14-19/h4-17,23H,1-3H3,(H,28,32)(H,29,34)(H,30,33)(H,31,35)/t23-/m0/s1. The minimum atomic E-state index is -0.945.